The zero-order chi connectivity index (χ0) is 17.8. The quantitative estimate of drug-likeness (QED) is 0.647. The van der Waals surface area contributed by atoms with Crippen molar-refractivity contribution >= 4 is 29.1 Å². The van der Waals surface area contributed by atoms with E-state index in [1.54, 1.807) is 23.1 Å². The molecule has 0 atom stereocenters. The van der Waals surface area contributed by atoms with Gasteiger partial charge in [-0.2, -0.15) is 4.98 Å². The Hall–Kier alpha value is -2.37. The number of nitrogens with zero attached hydrogens (tertiary/aromatic N) is 3. The van der Waals surface area contributed by atoms with Crippen LogP contribution in [0.2, 0.25) is 10.0 Å². The Morgan fingerprint density at radius 2 is 1.76 bits per heavy atom. The second-order valence-electron chi connectivity index (χ2n) is 5.29. The van der Waals surface area contributed by atoms with Gasteiger partial charge in [0, 0.05) is 12.1 Å². The van der Waals surface area contributed by atoms with Gasteiger partial charge in [0.05, 0.1) is 15.6 Å². The normalized spacial score (nSPS) is 10.7. The van der Waals surface area contributed by atoms with E-state index in [-0.39, 0.29) is 18.0 Å². The lowest BCUT2D eigenvalue weighted by Gasteiger charge is -2.20. The van der Waals surface area contributed by atoms with Crippen LogP contribution in [-0.4, -0.2) is 27.5 Å². The van der Waals surface area contributed by atoms with Gasteiger partial charge < -0.3 is 9.42 Å². The zero-order valence-electron chi connectivity index (χ0n) is 13.4. The van der Waals surface area contributed by atoms with E-state index in [9.17, 15) is 4.79 Å². The summed E-state index contributed by atoms with van der Waals surface area (Å²) in [6.45, 7) is 2.48. The number of carbonyl (C=O) groups is 1. The van der Waals surface area contributed by atoms with E-state index in [4.69, 9.17) is 27.7 Å². The molecule has 2 aromatic carbocycles. The van der Waals surface area contributed by atoms with E-state index in [1.165, 1.54) is 0 Å². The van der Waals surface area contributed by atoms with Crippen LogP contribution in [0.1, 0.15) is 23.2 Å². The van der Waals surface area contributed by atoms with Crippen molar-refractivity contribution in [3.05, 3.63) is 70.0 Å². The molecule has 1 heterocycles. The number of aromatic nitrogens is 2. The summed E-state index contributed by atoms with van der Waals surface area (Å²) in [6, 6.07) is 14.4. The van der Waals surface area contributed by atoms with Crippen LogP contribution >= 0.6 is 23.2 Å². The van der Waals surface area contributed by atoms with Crippen molar-refractivity contribution in [2.45, 2.75) is 13.5 Å². The maximum Gasteiger partial charge on any atom is 0.257 e. The van der Waals surface area contributed by atoms with Crippen LogP contribution in [-0.2, 0) is 6.54 Å². The lowest BCUT2D eigenvalue weighted by atomic mass is 10.2. The van der Waals surface area contributed by atoms with Crippen LogP contribution in [0.4, 0.5) is 0 Å². The first-order valence-corrected chi connectivity index (χ1v) is 8.47. The Balaban J connectivity index is 1.81. The summed E-state index contributed by atoms with van der Waals surface area (Å²) in [5.74, 6) is 0.546. The molecular formula is C18H15Cl2N3O2. The van der Waals surface area contributed by atoms with Gasteiger partial charge in [-0.1, -0.05) is 64.8 Å². The summed E-state index contributed by atoms with van der Waals surface area (Å²) in [5, 5.41) is 4.59. The second kappa shape index (κ2) is 7.68. The monoisotopic (exact) mass is 375 g/mol. The Labute approximate surface area is 155 Å². The van der Waals surface area contributed by atoms with Crippen molar-refractivity contribution in [3.8, 4) is 11.4 Å². The first-order chi connectivity index (χ1) is 12.1. The van der Waals surface area contributed by atoms with Gasteiger partial charge in [-0.05, 0) is 19.1 Å². The summed E-state index contributed by atoms with van der Waals surface area (Å²) < 4.78 is 5.28. The molecule has 0 aliphatic carbocycles. The first-order valence-electron chi connectivity index (χ1n) is 7.71. The van der Waals surface area contributed by atoms with Gasteiger partial charge in [-0.15, -0.1) is 0 Å². The fourth-order valence-electron chi connectivity index (χ4n) is 2.37. The molecule has 0 bridgehead atoms. The van der Waals surface area contributed by atoms with Crippen LogP contribution in [0.3, 0.4) is 0 Å². The number of benzene rings is 2. The number of hydrogen-bond acceptors (Lipinski definition) is 4. The molecule has 25 heavy (non-hydrogen) atoms. The molecule has 5 nitrogen and oxygen atoms in total. The molecule has 0 N–H and O–H groups in total. The van der Waals surface area contributed by atoms with Gasteiger partial charge in [0.1, 0.15) is 6.54 Å². The van der Waals surface area contributed by atoms with Crippen LogP contribution in [0.25, 0.3) is 11.4 Å². The summed E-state index contributed by atoms with van der Waals surface area (Å²) >= 11 is 12.3. The zero-order valence-corrected chi connectivity index (χ0v) is 15.0. The maximum absolute atomic E-state index is 12.8. The number of rotatable bonds is 5. The van der Waals surface area contributed by atoms with Crippen LogP contribution in [0.15, 0.2) is 53.1 Å². The Kier molecular flexibility index (Phi) is 5.36. The number of carbonyl (C=O) groups excluding carboxylic acids is 1. The molecule has 0 fully saturated rings. The molecular weight excluding hydrogens is 361 g/mol. The fourth-order valence-corrected chi connectivity index (χ4v) is 2.93. The second-order valence-corrected chi connectivity index (χ2v) is 6.11. The van der Waals surface area contributed by atoms with Crippen molar-refractivity contribution in [2.75, 3.05) is 6.54 Å². The Morgan fingerprint density at radius 3 is 2.40 bits per heavy atom. The lowest BCUT2D eigenvalue weighted by molar-refractivity contribution is 0.0735. The average molecular weight is 376 g/mol. The molecule has 1 aromatic heterocycles. The van der Waals surface area contributed by atoms with E-state index in [1.807, 2.05) is 37.3 Å². The van der Waals surface area contributed by atoms with Crippen molar-refractivity contribution in [2.24, 2.45) is 0 Å². The van der Waals surface area contributed by atoms with Gasteiger partial charge >= 0.3 is 0 Å². The van der Waals surface area contributed by atoms with Crippen molar-refractivity contribution in [3.63, 3.8) is 0 Å². The molecule has 0 unspecified atom stereocenters. The molecule has 1 amide bonds. The van der Waals surface area contributed by atoms with Crippen LogP contribution < -0.4 is 0 Å². The number of amides is 1. The summed E-state index contributed by atoms with van der Waals surface area (Å²) in [7, 11) is 0. The molecule has 0 spiro atoms. The smallest absolute Gasteiger partial charge is 0.257 e. The predicted molar refractivity (Wildman–Crippen MR) is 96.6 cm³/mol. The van der Waals surface area contributed by atoms with E-state index >= 15 is 0 Å². The van der Waals surface area contributed by atoms with E-state index < -0.39 is 0 Å². The van der Waals surface area contributed by atoms with E-state index in [0.717, 1.165) is 5.56 Å². The SMILES string of the molecule is CCN(Cc1nc(-c2ccccc2)no1)C(=O)c1c(Cl)cccc1Cl. The van der Waals surface area contributed by atoms with Gasteiger partial charge in [-0.25, -0.2) is 0 Å². The summed E-state index contributed by atoms with van der Waals surface area (Å²) in [4.78, 5) is 18.7. The third kappa shape index (κ3) is 3.83. The molecule has 0 aliphatic rings. The maximum atomic E-state index is 12.8. The minimum atomic E-state index is -0.280. The number of halogens is 2. The molecule has 7 heteroatoms. The molecule has 0 saturated heterocycles. The van der Waals surface area contributed by atoms with Crippen molar-refractivity contribution < 1.29 is 9.32 Å². The predicted octanol–water partition coefficient (Wildman–Crippen LogP) is 4.71. The fraction of sp³-hybridized carbons (Fsp3) is 0.167. The third-order valence-electron chi connectivity index (χ3n) is 3.67. The van der Waals surface area contributed by atoms with Crippen molar-refractivity contribution in [1.82, 2.24) is 15.0 Å². The molecule has 3 rings (SSSR count). The van der Waals surface area contributed by atoms with Gasteiger partial charge in [-0.3, -0.25) is 4.79 Å². The largest absolute Gasteiger partial charge is 0.337 e. The highest BCUT2D eigenvalue weighted by atomic mass is 35.5. The highest BCUT2D eigenvalue weighted by molar-refractivity contribution is 6.39. The van der Waals surface area contributed by atoms with E-state index in [0.29, 0.717) is 28.3 Å². The summed E-state index contributed by atoms with van der Waals surface area (Å²) in [5.41, 5.74) is 1.12. The van der Waals surface area contributed by atoms with Crippen LogP contribution in [0.5, 0.6) is 0 Å². The molecule has 3 aromatic rings. The van der Waals surface area contributed by atoms with Crippen LogP contribution in [0, 0.1) is 0 Å². The molecule has 0 aliphatic heterocycles. The molecule has 0 saturated carbocycles. The molecule has 0 radical (unpaired) electrons. The minimum absolute atomic E-state index is 0.177. The Bertz CT molecular complexity index is 861. The Morgan fingerprint density at radius 1 is 1.08 bits per heavy atom. The average Bonchev–Trinajstić information content (AvgIpc) is 3.09. The lowest BCUT2D eigenvalue weighted by Crippen LogP contribution is -2.31. The van der Waals surface area contributed by atoms with E-state index in [2.05, 4.69) is 10.1 Å². The highest BCUT2D eigenvalue weighted by Gasteiger charge is 2.22. The highest BCUT2D eigenvalue weighted by Crippen LogP contribution is 2.26. The minimum Gasteiger partial charge on any atom is -0.337 e. The van der Waals surface area contributed by atoms with Crippen molar-refractivity contribution in [1.29, 1.82) is 0 Å². The third-order valence-corrected chi connectivity index (χ3v) is 4.30. The number of hydrogen-bond donors (Lipinski definition) is 0. The standard InChI is InChI=1S/C18H15Cl2N3O2/c1-2-23(18(24)16-13(19)9-6-10-14(16)20)11-15-21-17(22-25-15)12-7-4-3-5-8-12/h3-10H,2,11H2,1H3. The van der Waals surface area contributed by atoms with Gasteiger partial charge in [0.25, 0.3) is 5.91 Å². The summed E-state index contributed by atoms with van der Waals surface area (Å²) in [6.07, 6.45) is 0. The van der Waals surface area contributed by atoms with Gasteiger partial charge in [0.15, 0.2) is 0 Å². The topological polar surface area (TPSA) is 59.2 Å². The first kappa shape index (κ1) is 17.5. The molecule has 128 valence electrons. The van der Waals surface area contributed by atoms with Gasteiger partial charge in [0.2, 0.25) is 11.7 Å².